The Labute approximate surface area is 114 Å². The molecule has 0 rings (SSSR count). The van der Waals surface area contributed by atoms with E-state index < -0.39 is 0 Å². The van der Waals surface area contributed by atoms with Crippen molar-refractivity contribution in [3.8, 4) is 0 Å². The van der Waals surface area contributed by atoms with Gasteiger partial charge >= 0.3 is 0 Å². The van der Waals surface area contributed by atoms with Crippen LogP contribution >= 0.6 is 81.9 Å². The van der Waals surface area contributed by atoms with E-state index in [0.717, 1.165) is 12.8 Å². The Morgan fingerprint density at radius 3 is 1.38 bits per heavy atom. The Balaban J connectivity index is 3.68. The smallest absolute Gasteiger partial charge is 0.112 e. The van der Waals surface area contributed by atoms with Gasteiger partial charge in [-0.1, -0.05) is 35.4 Å². The summed E-state index contributed by atoms with van der Waals surface area (Å²) in [6.45, 7) is 4.12. The molecule has 0 saturated heterocycles. The monoisotopic (exact) mass is 310 g/mol. The molecule has 0 aliphatic heterocycles. The zero-order valence-electron chi connectivity index (χ0n) is 7.43. The summed E-state index contributed by atoms with van der Waals surface area (Å²) >= 11 is 17.6. The highest BCUT2D eigenvalue weighted by atomic mass is 33.5. The third-order valence-electron chi connectivity index (χ3n) is 1.26. The highest BCUT2D eigenvalue weighted by molar-refractivity contribution is 9.11. The molecule has 80 valence electrons. The van der Waals surface area contributed by atoms with Gasteiger partial charge in [0.2, 0.25) is 0 Å². The van der Waals surface area contributed by atoms with E-state index >= 15 is 0 Å². The van der Waals surface area contributed by atoms with Crippen molar-refractivity contribution < 1.29 is 0 Å². The van der Waals surface area contributed by atoms with Crippen molar-refractivity contribution in [1.29, 1.82) is 0 Å². The average molecular weight is 311 g/mol. The van der Waals surface area contributed by atoms with Crippen LogP contribution in [0.25, 0.3) is 0 Å². The minimum atomic E-state index is -0.261. The van der Waals surface area contributed by atoms with Crippen LogP contribution in [0.4, 0.5) is 0 Å². The molecule has 0 atom stereocenters. The second-order valence-corrected chi connectivity index (χ2v) is 11.9. The summed E-state index contributed by atoms with van der Waals surface area (Å²) in [6.07, 6.45) is 1.82. The van der Waals surface area contributed by atoms with Gasteiger partial charge in [0, 0.05) is 0 Å². The number of hydrogen-bond donors (Lipinski definition) is 4. The zero-order valence-corrected chi connectivity index (χ0v) is 13.5. The SMILES string of the molecule is CCC(S)(S)SSSC(S)(S)CC. The highest BCUT2D eigenvalue weighted by Gasteiger charge is 2.23. The van der Waals surface area contributed by atoms with E-state index in [9.17, 15) is 0 Å². The van der Waals surface area contributed by atoms with Crippen molar-refractivity contribution in [3.05, 3.63) is 0 Å². The normalized spacial score (nSPS) is 13.4. The van der Waals surface area contributed by atoms with Crippen LogP contribution in [-0.4, -0.2) is 6.82 Å². The minimum Gasteiger partial charge on any atom is -0.150 e. The Bertz CT molecular complexity index is 128. The van der Waals surface area contributed by atoms with E-state index in [1.165, 1.54) is 0 Å². The molecular weight excluding hydrogens is 297 g/mol. The van der Waals surface area contributed by atoms with Crippen LogP contribution in [0.2, 0.25) is 0 Å². The van der Waals surface area contributed by atoms with Crippen molar-refractivity contribution in [2.24, 2.45) is 0 Å². The van der Waals surface area contributed by atoms with Crippen LogP contribution in [-0.2, 0) is 0 Å². The Morgan fingerprint density at radius 1 is 0.846 bits per heavy atom. The van der Waals surface area contributed by atoms with E-state index in [4.69, 9.17) is 0 Å². The molecule has 0 spiro atoms. The molecule has 0 aromatic carbocycles. The first-order valence-corrected chi connectivity index (χ1v) is 9.03. The van der Waals surface area contributed by atoms with Crippen molar-refractivity contribution >= 4 is 81.9 Å². The lowest BCUT2D eigenvalue weighted by molar-refractivity contribution is 1.02. The molecule has 0 aliphatic rings. The lowest BCUT2D eigenvalue weighted by Gasteiger charge is -2.22. The van der Waals surface area contributed by atoms with E-state index in [2.05, 4.69) is 64.4 Å². The van der Waals surface area contributed by atoms with Gasteiger partial charge in [-0.3, -0.25) is 0 Å². The predicted octanol–water partition coefficient (Wildman–Crippen LogP) is 4.86. The van der Waals surface area contributed by atoms with Gasteiger partial charge < -0.3 is 0 Å². The molecule has 0 fully saturated rings. The van der Waals surface area contributed by atoms with Crippen molar-refractivity contribution in [1.82, 2.24) is 0 Å². The topological polar surface area (TPSA) is 0 Å². The molecule has 0 saturated carbocycles. The summed E-state index contributed by atoms with van der Waals surface area (Å²) < 4.78 is -0.522. The van der Waals surface area contributed by atoms with E-state index in [1.54, 1.807) is 31.4 Å². The van der Waals surface area contributed by atoms with Crippen LogP contribution in [0.1, 0.15) is 26.7 Å². The lowest BCUT2D eigenvalue weighted by atomic mass is 10.6. The van der Waals surface area contributed by atoms with E-state index in [-0.39, 0.29) is 6.82 Å². The van der Waals surface area contributed by atoms with Crippen LogP contribution in [0.5, 0.6) is 0 Å². The zero-order chi connectivity index (χ0) is 10.5. The molecule has 0 unspecified atom stereocenters. The number of hydrogen-bond acceptors (Lipinski definition) is 7. The third kappa shape index (κ3) is 8.28. The molecule has 13 heavy (non-hydrogen) atoms. The summed E-state index contributed by atoms with van der Waals surface area (Å²) in [6, 6.07) is 0. The summed E-state index contributed by atoms with van der Waals surface area (Å²) in [7, 11) is 4.91. The van der Waals surface area contributed by atoms with Gasteiger partial charge in [-0.05, 0) is 22.7 Å². The first kappa shape index (κ1) is 15.4. The lowest BCUT2D eigenvalue weighted by Crippen LogP contribution is -2.04. The van der Waals surface area contributed by atoms with Crippen LogP contribution in [0, 0.1) is 0 Å². The highest BCUT2D eigenvalue weighted by Crippen LogP contribution is 2.55. The molecular formula is C6H14S7. The number of rotatable bonds is 6. The van der Waals surface area contributed by atoms with Gasteiger partial charge in [0.05, 0.1) is 0 Å². The maximum absolute atomic E-state index is 4.39. The first-order valence-electron chi connectivity index (χ1n) is 3.76. The summed E-state index contributed by atoms with van der Waals surface area (Å²) in [5.41, 5.74) is 0. The third-order valence-corrected chi connectivity index (χ3v) is 9.69. The quantitative estimate of drug-likeness (QED) is 0.314. The Hall–Kier alpha value is 2.45. The van der Waals surface area contributed by atoms with Gasteiger partial charge in [-0.2, -0.15) is 50.5 Å². The van der Waals surface area contributed by atoms with Crippen molar-refractivity contribution in [2.75, 3.05) is 0 Å². The fourth-order valence-electron chi connectivity index (χ4n) is 0.244. The molecule has 0 aromatic rings. The second kappa shape index (κ2) is 6.91. The summed E-state index contributed by atoms with van der Waals surface area (Å²) in [4.78, 5) is 0. The maximum atomic E-state index is 4.39. The number of thiol groups is 4. The standard InChI is InChI=1S/C6H14S7/c1-3-5(7,8)11-13-12-6(9,10)4-2/h7-10H,3-4H2,1-2H3. The molecule has 0 aliphatic carbocycles. The minimum absolute atomic E-state index is 0.261. The molecule has 7 heteroatoms. The Morgan fingerprint density at radius 2 is 1.15 bits per heavy atom. The van der Waals surface area contributed by atoms with Gasteiger partial charge in [-0.25, -0.2) is 0 Å². The van der Waals surface area contributed by atoms with Crippen LogP contribution in [0.15, 0.2) is 0 Å². The van der Waals surface area contributed by atoms with Gasteiger partial charge in [-0.15, -0.1) is 0 Å². The second-order valence-electron chi connectivity index (χ2n) is 2.43. The summed E-state index contributed by atoms with van der Waals surface area (Å²) in [5, 5.41) is 0. The largest absolute Gasteiger partial charge is 0.150 e. The van der Waals surface area contributed by atoms with Crippen LogP contribution in [0.3, 0.4) is 0 Å². The average Bonchev–Trinajstić information content (AvgIpc) is 2.04. The molecule has 0 nitrogen and oxygen atoms in total. The summed E-state index contributed by atoms with van der Waals surface area (Å²) in [5.74, 6) is 0. The van der Waals surface area contributed by atoms with Crippen molar-refractivity contribution in [2.45, 2.75) is 33.5 Å². The molecule has 0 amide bonds. The van der Waals surface area contributed by atoms with Crippen molar-refractivity contribution in [3.63, 3.8) is 0 Å². The molecule has 0 bridgehead atoms. The predicted molar refractivity (Wildman–Crippen MR) is 84.8 cm³/mol. The molecule has 0 N–H and O–H groups in total. The fraction of sp³-hybridized carbons (Fsp3) is 1.00. The molecule has 0 radical (unpaired) electrons. The van der Waals surface area contributed by atoms with Crippen LogP contribution < -0.4 is 0 Å². The van der Waals surface area contributed by atoms with Gasteiger partial charge in [0.15, 0.2) is 0 Å². The maximum Gasteiger partial charge on any atom is 0.112 e. The van der Waals surface area contributed by atoms with E-state index in [0.29, 0.717) is 0 Å². The molecule has 0 aromatic heterocycles. The fourth-order valence-corrected chi connectivity index (χ4v) is 7.75. The van der Waals surface area contributed by atoms with Gasteiger partial charge in [0.1, 0.15) is 6.82 Å². The Kier molecular flexibility index (Phi) is 8.21. The van der Waals surface area contributed by atoms with Gasteiger partial charge in [0.25, 0.3) is 0 Å². The first-order chi connectivity index (χ1) is 5.83. The van der Waals surface area contributed by atoms with E-state index in [1.807, 2.05) is 0 Å². The molecule has 0 heterocycles.